The summed E-state index contributed by atoms with van der Waals surface area (Å²) in [6.45, 7) is 8.71. The summed E-state index contributed by atoms with van der Waals surface area (Å²) in [6, 6.07) is 12.9. The lowest BCUT2D eigenvalue weighted by Gasteiger charge is -2.23. The van der Waals surface area contributed by atoms with Crippen molar-refractivity contribution in [3.8, 4) is 17.2 Å². The molecular formula is C26H34O5. The maximum absolute atomic E-state index is 12.2. The Hall–Kier alpha value is -2.95. The number of carbonyl (C=O) groups excluding carboxylic acids is 1. The molecule has 1 N–H and O–H groups in total. The largest absolute Gasteiger partial charge is 0.508 e. The summed E-state index contributed by atoms with van der Waals surface area (Å²) in [5.41, 5.74) is 1.31. The van der Waals surface area contributed by atoms with Gasteiger partial charge in [0.15, 0.2) is 0 Å². The number of carbonyl (C=O) groups is 1. The Labute approximate surface area is 185 Å². The van der Waals surface area contributed by atoms with Crippen LogP contribution in [0.4, 0.5) is 0 Å². The third kappa shape index (κ3) is 8.36. The maximum Gasteiger partial charge on any atom is 0.311 e. The van der Waals surface area contributed by atoms with Gasteiger partial charge in [0.25, 0.3) is 0 Å². The number of benzene rings is 2. The molecule has 2 aromatic carbocycles. The minimum atomic E-state index is -0.552. The Kier molecular flexibility index (Phi) is 8.98. The SMILES string of the molecule is COc1ccc(/C=C/c2cc(O)cc(OCCCC(C)(C)C(=O)OCC(C)C)c2)cc1. The fourth-order valence-corrected chi connectivity index (χ4v) is 2.94. The highest BCUT2D eigenvalue weighted by molar-refractivity contribution is 5.75. The van der Waals surface area contributed by atoms with Crippen molar-refractivity contribution in [3.05, 3.63) is 53.6 Å². The average molecular weight is 427 g/mol. The number of methoxy groups -OCH3 is 1. The second-order valence-electron chi connectivity index (χ2n) is 8.69. The molecule has 0 amide bonds. The van der Waals surface area contributed by atoms with Crippen LogP contribution >= 0.6 is 0 Å². The molecule has 0 aliphatic heterocycles. The summed E-state index contributed by atoms with van der Waals surface area (Å²) in [4.78, 5) is 12.2. The van der Waals surface area contributed by atoms with Gasteiger partial charge in [-0.3, -0.25) is 4.79 Å². The molecule has 0 aliphatic rings. The van der Waals surface area contributed by atoms with Gasteiger partial charge in [-0.2, -0.15) is 0 Å². The first kappa shape index (κ1) is 24.3. The first-order valence-electron chi connectivity index (χ1n) is 10.7. The van der Waals surface area contributed by atoms with Crippen molar-refractivity contribution < 1.29 is 24.1 Å². The fraction of sp³-hybridized carbons (Fsp3) is 0.423. The molecule has 2 aromatic rings. The Morgan fingerprint density at radius 1 is 1.03 bits per heavy atom. The molecule has 0 bridgehead atoms. The van der Waals surface area contributed by atoms with Crippen LogP contribution in [0.1, 0.15) is 51.7 Å². The Balaban J connectivity index is 1.89. The van der Waals surface area contributed by atoms with Gasteiger partial charge in [-0.25, -0.2) is 0 Å². The summed E-state index contributed by atoms with van der Waals surface area (Å²) < 4.78 is 16.4. The smallest absolute Gasteiger partial charge is 0.311 e. The van der Waals surface area contributed by atoms with Crippen LogP contribution in [0.3, 0.4) is 0 Å². The zero-order valence-corrected chi connectivity index (χ0v) is 19.2. The zero-order chi connectivity index (χ0) is 22.9. The van der Waals surface area contributed by atoms with E-state index in [1.165, 1.54) is 0 Å². The summed E-state index contributed by atoms with van der Waals surface area (Å²) in [7, 11) is 1.64. The predicted octanol–water partition coefficient (Wildman–Crippen LogP) is 5.96. The molecule has 0 heterocycles. The Morgan fingerprint density at radius 3 is 2.35 bits per heavy atom. The van der Waals surface area contributed by atoms with Crippen molar-refractivity contribution >= 4 is 18.1 Å². The van der Waals surface area contributed by atoms with E-state index >= 15 is 0 Å². The molecule has 0 radical (unpaired) electrons. The van der Waals surface area contributed by atoms with Crippen LogP contribution < -0.4 is 9.47 Å². The number of phenolic OH excluding ortho intramolecular Hbond substituents is 1. The van der Waals surface area contributed by atoms with Crippen molar-refractivity contribution in [2.45, 2.75) is 40.5 Å². The summed E-state index contributed by atoms with van der Waals surface area (Å²) in [6.07, 6.45) is 5.24. The number of aromatic hydroxyl groups is 1. The summed E-state index contributed by atoms with van der Waals surface area (Å²) in [5.74, 6) is 1.69. The quantitative estimate of drug-likeness (QED) is 0.273. The minimum Gasteiger partial charge on any atom is -0.508 e. The molecule has 2 rings (SSSR count). The van der Waals surface area contributed by atoms with Crippen molar-refractivity contribution in [1.82, 2.24) is 0 Å². The van der Waals surface area contributed by atoms with Gasteiger partial charge >= 0.3 is 5.97 Å². The average Bonchev–Trinajstić information content (AvgIpc) is 2.73. The third-order valence-corrected chi connectivity index (χ3v) is 4.81. The van der Waals surface area contributed by atoms with Gasteiger partial charge in [-0.05, 0) is 68.0 Å². The van der Waals surface area contributed by atoms with Gasteiger partial charge in [0.05, 0.1) is 25.7 Å². The van der Waals surface area contributed by atoms with E-state index in [4.69, 9.17) is 14.2 Å². The van der Waals surface area contributed by atoms with Crippen LogP contribution in [0.5, 0.6) is 17.2 Å². The van der Waals surface area contributed by atoms with Crippen LogP contribution in [0.25, 0.3) is 12.2 Å². The highest BCUT2D eigenvalue weighted by Crippen LogP contribution is 2.27. The zero-order valence-electron chi connectivity index (χ0n) is 19.2. The van der Waals surface area contributed by atoms with Gasteiger partial charge in [-0.1, -0.05) is 38.1 Å². The maximum atomic E-state index is 12.2. The van der Waals surface area contributed by atoms with Gasteiger partial charge in [0.1, 0.15) is 17.2 Å². The van der Waals surface area contributed by atoms with E-state index in [0.29, 0.717) is 37.7 Å². The molecule has 0 unspecified atom stereocenters. The van der Waals surface area contributed by atoms with Gasteiger partial charge in [0.2, 0.25) is 0 Å². The molecule has 0 atom stereocenters. The van der Waals surface area contributed by atoms with Crippen molar-refractivity contribution in [2.75, 3.05) is 20.3 Å². The molecular weight excluding hydrogens is 392 g/mol. The molecule has 5 nitrogen and oxygen atoms in total. The standard InChI is InChI=1S/C26H34O5/c1-19(2)18-31-25(28)26(3,4)13-6-14-30-24-16-21(15-22(27)17-24)8-7-20-9-11-23(29-5)12-10-20/h7-12,15-17,19,27H,6,13-14,18H2,1-5H3/b8-7+. The molecule has 0 saturated carbocycles. The normalized spacial score (nSPS) is 11.7. The number of esters is 1. The van der Waals surface area contributed by atoms with Crippen LogP contribution in [-0.2, 0) is 9.53 Å². The molecule has 168 valence electrons. The number of hydrogen-bond donors (Lipinski definition) is 1. The first-order valence-corrected chi connectivity index (χ1v) is 10.7. The van der Waals surface area contributed by atoms with Crippen LogP contribution in [-0.4, -0.2) is 31.4 Å². The van der Waals surface area contributed by atoms with E-state index in [9.17, 15) is 9.90 Å². The number of phenols is 1. The summed E-state index contributed by atoms with van der Waals surface area (Å²) >= 11 is 0. The number of hydrogen-bond acceptors (Lipinski definition) is 5. The monoisotopic (exact) mass is 426 g/mol. The lowest BCUT2D eigenvalue weighted by atomic mass is 9.88. The number of rotatable bonds is 11. The first-order chi connectivity index (χ1) is 14.7. The van der Waals surface area contributed by atoms with E-state index in [1.807, 2.05) is 70.2 Å². The molecule has 0 spiro atoms. The fourth-order valence-electron chi connectivity index (χ4n) is 2.94. The third-order valence-electron chi connectivity index (χ3n) is 4.81. The molecule has 5 heteroatoms. The summed E-state index contributed by atoms with van der Waals surface area (Å²) in [5, 5.41) is 10.0. The lowest BCUT2D eigenvalue weighted by Crippen LogP contribution is -2.28. The molecule has 0 aromatic heterocycles. The topological polar surface area (TPSA) is 65.0 Å². The second kappa shape index (κ2) is 11.4. The van der Waals surface area contributed by atoms with E-state index in [2.05, 4.69) is 0 Å². The lowest BCUT2D eigenvalue weighted by molar-refractivity contribution is -0.155. The minimum absolute atomic E-state index is 0.143. The van der Waals surface area contributed by atoms with E-state index in [0.717, 1.165) is 16.9 Å². The highest BCUT2D eigenvalue weighted by Gasteiger charge is 2.29. The van der Waals surface area contributed by atoms with Crippen molar-refractivity contribution in [1.29, 1.82) is 0 Å². The van der Waals surface area contributed by atoms with Gasteiger partial charge in [-0.15, -0.1) is 0 Å². The van der Waals surface area contributed by atoms with Crippen LogP contribution in [0, 0.1) is 11.3 Å². The molecule has 0 fully saturated rings. The number of ether oxygens (including phenoxy) is 3. The van der Waals surface area contributed by atoms with E-state index in [1.54, 1.807) is 19.2 Å². The van der Waals surface area contributed by atoms with Gasteiger partial charge < -0.3 is 19.3 Å². The second-order valence-corrected chi connectivity index (χ2v) is 8.69. The molecule has 0 aliphatic carbocycles. The Morgan fingerprint density at radius 2 is 1.71 bits per heavy atom. The van der Waals surface area contributed by atoms with Crippen molar-refractivity contribution in [3.63, 3.8) is 0 Å². The highest BCUT2D eigenvalue weighted by atomic mass is 16.5. The van der Waals surface area contributed by atoms with Gasteiger partial charge in [0, 0.05) is 6.07 Å². The van der Waals surface area contributed by atoms with Crippen molar-refractivity contribution in [2.24, 2.45) is 11.3 Å². The molecule has 31 heavy (non-hydrogen) atoms. The van der Waals surface area contributed by atoms with Crippen LogP contribution in [0.15, 0.2) is 42.5 Å². The predicted molar refractivity (Wildman–Crippen MR) is 124 cm³/mol. The molecule has 0 saturated heterocycles. The van der Waals surface area contributed by atoms with E-state index < -0.39 is 5.41 Å². The van der Waals surface area contributed by atoms with E-state index in [-0.39, 0.29) is 11.7 Å². The Bertz CT molecular complexity index is 866. The van der Waals surface area contributed by atoms with Crippen LogP contribution in [0.2, 0.25) is 0 Å².